The number of anilines is 1. The standard InChI is InChI=1S/C16H13F5NO/c1-3-23-22(11-6-4-10(2)5-7-11)16(20,21)12-8-9-13(17)15(19)14(12)18/h4-9H,2-3H2,1H3. The lowest BCUT2D eigenvalue weighted by Crippen LogP contribution is -2.40. The second-order valence-electron chi connectivity index (χ2n) is 4.64. The Morgan fingerprint density at radius 3 is 2.17 bits per heavy atom. The molecule has 0 atom stereocenters. The van der Waals surface area contributed by atoms with E-state index in [-0.39, 0.29) is 17.4 Å². The second kappa shape index (κ2) is 6.54. The summed E-state index contributed by atoms with van der Waals surface area (Å²) in [6.07, 6.45) is 0. The molecule has 23 heavy (non-hydrogen) atoms. The van der Waals surface area contributed by atoms with Gasteiger partial charge in [-0.1, -0.05) is 12.1 Å². The van der Waals surface area contributed by atoms with E-state index in [0.717, 1.165) is 0 Å². The zero-order chi connectivity index (χ0) is 17.2. The van der Waals surface area contributed by atoms with Gasteiger partial charge in [0.1, 0.15) is 0 Å². The molecule has 0 fully saturated rings. The predicted octanol–water partition coefficient (Wildman–Crippen LogP) is 4.79. The van der Waals surface area contributed by atoms with E-state index in [9.17, 15) is 22.0 Å². The van der Waals surface area contributed by atoms with E-state index in [1.165, 1.54) is 31.2 Å². The third kappa shape index (κ3) is 3.29. The Balaban J connectivity index is 2.52. The summed E-state index contributed by atoms with van der Waals surface area (Å²) in [4.78, 5) is 4.89. The summed E-state index contributed by atoms with van der Waals surface area (Å²) in [5.41, 5.74) is -0.843. The van der Waals surface area contributed by atoms with Crippen molar-refractivity contribution in [2.75, 3.05) is 11.7 Å². The average molecular weight is 330 g/mol. The molecule has 2 rings (SSSR count). The van der Waals surface area contributed by atoms with Crippen molar-refractivity contribution >= 4 is 5.69 Å². The van der Waals surface area contributed by atoms with Crippen LogP contribution in [0.5, 0.6) is 0 Å². The van der Waals surface area contributed by atoms with Crippen LogP contribution in [-0.2, 0) is 10.9 Å². The summed E-state index contributed by atoms with van der Waals surface area (Å²) in [6.45, 7) is 4.94. The van der Waals surface area contributed by atoms with Crippen LogP contribution in [0.3, 0.4) is 0 Å². The summed E-state index contributed by atoms with van der Waals surface area (Å²) in [7, 11) is 0. The summed E-state index contributed by atoms with van der Waals surface area (Å²) >= 11 is 0. The molecule has 0 spiro atoms. The Hall–Kier alpha value is -2.15. The number of rotatable bonds is 5. The molecule has 2 aromatic rings. The van der Waals surface area contributed by atoms with Crippen molar-refractivity contribution in [3.63, 3.8) is 0 Å². The molecule has 1 radical (unpaired) electrons. The Bertz CT molecular complexity index is 688. The molecule has 123 valence electrons. The highest BCUT2D eigenvalue weighted by Gasteiger charge is 2.44. The zero-order valence-corrected chi connectivity index (χ0v) is 12.1. The summed E-state index contributed by atoms with van der Waals surface area (Å²) < 4.78 is 69.2. The summed E-state index contributed by atoms with van der Waals surface area (Å²) in [5.74, 6) is -5.48. The van der Waals surface area contributed by atoms with Gasteiger partial charge >= 0.3 is 6.05 Å². The highest BCUT2D eigenvalue weighted by molar-refractivity contribution is 5.48. The molecule has 0 heterocycles. The van der Waals surface area contributed by atoms with E-state index in [1.54, 1.807) is 0 Å². The predicted molar refractivity (Wildman–Crippen MR) is 75.2 cm³/mol. The topological polar surface area (TPSA) is 12.5 Å². The minimum absolute atomic E-state index is 0.0895. The first kappa shape index (κ1) is 17.2. The quantitative estimate of drug-likeness (QED) is 0.338. The van der Waals surface area contributed by atoms with Crippen LogP contribution < -0.4 is 5.06 Å². The Kier molecular flexibility index (Phi) is 4.89. The molecule has 0 saturated carbocycles. The fourth-order valence-corrected chi connectivity index (χ4v) is 1.95. The maximum Gasteiger partial charge on any atom is 0.377 e. The van der Waals surface area contributed by atoms with Gasteiger partial charge in [0.2, 0.25) is 0 Å². The molecular formula is C16H13F5NO. The number of hydroxylamine groups is 1. The largest absolute Gasteiger partial charge is 0.377 e. The van der Waals surface area contributed by atoms with Crippen LogP contribution in [0.2, 0.25) is 0 Å². The van der Waals surface area contributed by atoms with Gasteiger partial charge in [0.15, 0.2) is 17.5 Å². The molecule has 0 N–H and O–H groups in total. The maximum absolute atomic E-state index is 14.6. The van der Waals surface area contributed by atoms with Gasteiger partial charge in [-0.3, -0.25) is 4.84 Å². The third-order valence-corrected chi connectivity index (χ3v) is 3.04. The number of alkyl halides is 2. The molecule has 0 aliphatic rings. The lowest BCUT2D eigenvalue weighted by molar-refractivity contribution is -0.107. The molecule has 0 saturated heterocycles. The van der Waals surface area contributed by atoms with Crippen LogP contribution in [0.25, 0.3) is 0 Å². The van der Waals surface area contributed by atoms with Gasteiger partial charge in [0.25, 0.3) is 0 Å². The van der Waals surface area contributed by atoms with Gasteiger partial charge in [-0.05, 0) is 43.7 Å². The van der Waals surface area contributed by atoms with E-state index in [2.05, 4.69) is 6.92 Å². The molecule has 0 bridgehead atoms. The van der Waals surface area contributed by atoms with Crippen LogP contribution in [0, 0.1) is 24.4 Å². The minimum atomic E-state index is -4.06. The van der Waals surface area contributed by atoms with E-state index < -0.39 is 29.1 Å². The molecule has 0 unspecified atom stereocenters. The first-order valence-electron chi connectivity index (χ1n) is 6.66. The van der Waals surface area contributed by atoms with Gasteiger partial charge in [-0.15, -0.1) is 0 Å². The number of benzene rings is 2. The smallest absolute Gasteiger partial charge is 0.268 e. The van der Waals surface area contributed by atoms with Gasteiger partial charge in [-0.2, -0.15) is 13.8 Å². The van der Waals surface area contributed by atoms with Crippen molar-refractivity contribution in [2.24, 2.45) is 0 Å². The normalized spacial score (nSPS) is 11.6. The van der Waals surface area contributed by atoms with Crippen molar-refractivity contribution in [2.45, 2.75) is 13.0 Å². The second-order valence-corrected chi connectivity index (χ2v) is 4.64. The number of hydrogen-bond donors (Lipinski definition) is 0. The first-order valence-corrected chi connectivity index (χ1v) is 6.66. The SMILES string of the molecule is [CH2]c1ccc(N(OCC)C(F)(F)c2ccc(F)c(F)c2F)cc1. The zero-order valence-electron chi connectivity index (χ0n) is 12.1. The minimum Gasteiger partial charge on any atom is -0.268 e. The monoisotopic (exact) mass is 330 g/mol. The highest BCUT2D eigenvalue weighted by atomic mass is 19.3. The summed E-state index contributed by atoms with van der Waals surface area (Å²) in [5, 5.41) is 0.155. The van der Waals surface area contributed by atoms with Crippen molar-refractivity contribution in [3.8, 4) is 0 Å². The Morgan fingerprint density at radius 2 is 1.61 bits per heavy atom. The Labute approximate surface area is 130 Å². The van der Waals surface area contributed by atoms with Gasteiger partial charge in [0, 0.05) is 0 Å². The van der Waals surface area contributed by atoms with E-state index in [4.69, 9.17) is 4.84 Å². The van der Waals surface area contributed by atoms with Crippen LogP contribution in [-0.4, -0.2) is 6.61 Å². The van der Waals surface area contributed by atoms with Crippen molar-refractivity contribution in [1.29, 1.82) is 0 Å². The fourth-order valence-electron chi connectivity index (χ4n) is 1.95. The van der Waals surface area contributed by atoms with Crippen LogP contribution in [0.1, 0.15) is 18.1 Å². The van der Waals surface area contributed by atoms with E-state index in [0.29, 0.717) is 17.7 Å². The molecule has 0 aromatic heterocycles. The van der Waals surface area contributed by atoms with Crippen molar-refractivity contribution < 1.29 is 26.8 Å². The van der Waals surface area contributed by atoms with Crippen LogP contribution >= 0.6 is 0 Å². The molecule has 2 aromatic carbocycles. The lowest BCUT2D eigenvalue weighted by Gasteiger charge is -2.31. The number of halogens is 5. The van der Waals surface area contributed by atoms with Gasteiger partial charge in [-0.25, -0.2) is 13.2 Å². The Morgan fingerprint density at radius 1 is 1.00 bits per heavy atom. The van der Waals surface area contributed by atoms with E-state index >= 15 is 0 Å². The highest BCUT2D eigenvalue weighted by Crippen LogP contribution is 2.38. The van der Waals surface area contributed by atoms with Gasteiger partial charge in [0.05, 0.1) is 17.9 Å². The number of nitrogens with zero attached hydrogens (tertiary/aromatic N) is 1. The third-order valence-electron chi connectivity index (χ3n) is 3.04. The fraction of sp³-hybridized carbons (Fsp3) is 0.188. The molecule has 7 heteroatoms. The average Bonchev–Trinajstić information content (AvgIpc) is 2.51. The maximum atomic E-state index is 14.6. The van der Waals surface area contributed by atoms with Crippen LogP contribution in [0.4, 0.5) is 27.6 Å². The lowest BCUT2D eigenvalue weighted by atomic mass is 10.1. The van der Waals surface area contributed by atoms with Crippen molar-refractivity contribution in [1.82, 2.24) is 0 Å². The van der Waals surface area contributed by atoms with Crippen LogP contribution in [0.15, 0.2) is 36.4 Å². The summed E-state index contributed by atoms with van der Waals surface area (Å²) in [6, 6.07) is 2.36. The molecule has 0 aliphatic heterocycles. The molecule has 2 nitrogen and oxygen atoms in total. The molecule has 0 amide bonds. The molecule has 0 aliphatic carbocycles. The molecular weight excluding hydrogens is 317 g/mol. The van der Waals surface area contributed by atoms with Gasteiger partial charge < -0.3 is 0 Å². The van der Waals surface area contributed by atoms with E-state index in [1.807, 2.05) is 0 Å². The number of hydrogen-bond acceptors (Lipinski definition) is 2. The van der Waals surface area contributed by atoms with Crippen molar-refractivity contribution in [3.05, 3.63) is 71.9 Å². The first-order chi connectivity index (χ1) is 10.8.